The van der Waals surface area contributed by atoms with Crippen molar-refractivity contribution in [3.05, 3.63) is 29.8 Å². The topological polar surface area (TPSA) is 82.1 Å². The number of carbonyl (C=O) groups excluding carboxylic acids is 1. The van der Waals surface area contributed by atoms with E-state index in [1.807, 2.05) is 50.4 Å². The Hall–Kier alpha value is -2.12. The lowest BCUT2D eigenvalue weighted by Gasteiger charge is -2.36. The number of ether oxygens (including phenoxy) is 1. The molecule has 168 valence electrons. The van der Waals surface area contributed by atoms with E-state index in [9.17, 15) is 4.79 Å². The number of likely N-dealkylation sites (tertiary alicyclic amines) is 1. The van der Waals surface area contributed by atoms with Crippen LogP contribution >= 0.6 is 0 Å². The molecule has 2 aliphatic rings. The van der Waals surface area contributed by atoms with E-state index in [1.165, 1.54) is 19.4 Å². The van der Waals surface area contributed by atoms with Crippen LogP contribution in [0.1, 0.15) is 48.9 Å². The summed E-state index contributed by atoms with van der Waals surface area (Å²) in [5.41, 5.74) is 1.81. The molecule has 1 aromatic carbocycles. The second kappa shape index (κ2) is 12.5. The van der Waals surface area contributed by atoms with Crippen LogP contribution in [0.15, 0.2) is 24.3 Å². The molecule has 1 saturated heterocycles. The number of nitrogens with one attached hydrogen (secondary N) is 1. The van der Waals surface area contributed by atoms with Gasteiger partial charge >= 0.3 is 0 Å². The molecule has 2 atom stereocenters. The minimum Gasteiger partial charge on any atom is -0.483 e. The second-order valence-corrected chi connectivity index (χ2v) is 8.49. The largest absolute Gasteiger partial charge is 0.483 e. The third-order valence-electron chi connectivity index (χ3n) is 6.13. The average Bonchev–Trinajstić information content (AvgIpc) is 2.75. The van der Waals surface area contributed by atoms with Crippen LogP contribution in [0.3, 0.4) is 0 Å². The van der Waals surface area contributed by atoms with E-state index in [1.54, 1.807) is 0 Å². The van der Waals surface area contributed by atoms with Gasteiger partial charge in [-0.1, -0.05) is 12.5 Å². The van der Waals surface area contributed by atoms with Crippen LogP contribution in [0, 0.1) is 5.92 Å². The molecule has 1 aliphatic carbocycles. The van der Waals surface area contributed by atoms with Crippen LogP contribution in [0.2, 0.25) is 0 Å². The summed E-state index contributed by atoms with van der Waals surface area (Å²) in [6.07, 6.45) is 7.42. The highest BCUT2D eigenvalue weighted by Crippen LogP contribution is 2.27. The first-order valence-electron chi connectivity index (χ1n) is 10.9. The Labute approximate surface area is 180 Å². The number of amides is 1. The Morgan fingerprint density at radius 2 is 1.97 bits per heavy atom. The van der Waals surface area contributed by atoms with Gasteiger partial charge < -0.3 is 25.0 Å². The number of rotatable bonds is 6. The maximum Gasteiger partial charge on any atom is 0.290 e. The fourth-order valence-corrected chi connectivity index (χ4v) is 4.47. The van der Waals surface area contributed by atoms with Crippen molar-refractivity contribution < 1.29 is 19.4 Å². The maximum absolute atomic E-state index is 12.7. The molecule has 1 aliphatic heterocycles. The summed E-state index contributed by atoms with van der Waals surface area (Å²) in [6.45, 7) is 3.20. The molecule has 0 bridgehead atoms. The van der Waals surface area contributed by atoms with E-state index in [-0.39, 0.29) is 12.4 Å². The van der Waals surface area contributed by atoms with Gasteiger partial charge in [0.1, 0.15) is 0 Å². The van der Waals surface area contributed by atoms with Crippen molar-refractivity contribution in [3.8, 4) is 0 Å². The van der Waals surface area contributed by atoms with E-state index in [0.29, 0.717) is 18.1 Å². The summed E-state index contributed by atoms with van der Waals surface area (Å²) in [4.78, 5) is 25.7. The predicted octanol–water partition coefficient (Wildman–Crippen LogP) is 2.85. The van der Waals surface area contributed by atoms with Gasteiger partial charge in [0.05, 0.1) is 6.10 Å². The molecule has 3 rings (SSSR count). The van der Waals surface area contributed by atoms with Gasteiger partial charge in [0.2, 0.25) is 0 Å². The summed E-state index contributed by atoms with van der Waals surface area (Å²) in [6, 6.07) is 8.16. The molecule has 30 heavy (non-hydrogen) atoms. The van der Waals surface area contributed by atoms with Gasteiger partial charge in [-0.2, -0.15) is 0 Å². The SMILES string of the molecule is COC1CCN(C[C@@H]2CCC[C@H](NC(=O)c3cccc(N(C)C)c3)C2)CC1.O=CO. The van der Waals surface area contributed by atoms with Crippen LogP contribution in [-0.4, -0.2) is 75.4 Å². The van der Waals surface area contributed by atoms with Crippen LogP contribution in [0.25, 0.3) is 0 Å². The molecule has 2 fully saturated rings. The van der Waals surface area contributed by atoms with Gasteiger partial charge in [0.15, 0.2) is 0 Å². The smallest absolute Gasteiger partial charge is 0.290 e. The number of methoxy groups -OCH3 is 1. The summed E-state index contributed by atoms with van der Waals surface area (Å²) in [5, 5.41) is 10.2. The van der Waals surface area contributed by atoms with Crippen molar-refractivity contribution in [2.75, 3.05) is 45.7 Å². The minimum absolute atomic E-state index is 0.0604. The third-order valence-corrected chi connectivity index (χ3v) is 6.13. The Balaban J connectivity index is 0.00000101. The van der Waals surface area contributed by atoms with Crippen LogP contribution in [-0.2, 0) is 9.53 Å². The Kier molecular flexibility index (Phi) is 10.1. The van der Waals surface area contributed by atoms with E-state index in [0.717, 1.165) is 50.0 Å². The van der Waals surface area contributed by atoms with Gasteiger partial charge in [0, 0.05) is 58.1 Å². The van der Waals surface area contributed by atoms with E-state index >= 15 is 0 Å². The minimum atomic E-state index is -0.250. The van der Waals surface area contributed by atoms with Crippen LogP contribution in [0.4, 0.5) is 5.69 Å². The third kappa shape index (κ3) is 7.61. The van der Waals surface area contributed by atoms with Crippen molar-refractivity contribution in [3.63, 3.8) is 0 Å². The highest BCUT2D eigenvalue weighted by Gasteiger charge is 2.27. The lowest BCUT2D eigenvalue weighted by molar-refractivity contribution is -0.122. The molecule has 1 saturated carbocycles. The van der Waals surface area contributed by atoms with Crippen molar-refractivity contribution >= 4 is 18.1 Å². The molecule has 0 radical (unpaired) electrons. The van der Waals surface area contributed by atoms with E-state index < -0.39 is 0 Å². The van der Waals surface area contributed by atoms with Gasteiger partial charge in [-0.05, 0) is 56.2 Å². The predicted molar refractivity (Wildman–Crippen MR) is 119 cm³/mol. The van der Waals surface area contributed by atoms with Gasteiger partial charge in [-0.15, -0.1) is 0 Å². The lowest BCUT2D eigenvalue weighted by Crippen LogP contribution is -2.43. The highest BCUT2D eigenvalue weighted by molar-refractivity contribution is 5.95. The van der Waals surface area contributed by atoms with Gasteiger partial charge in [-0.25, -0.2) is 0 Å². The first kappa shape index (κ1) is 24.2. The Morgan fingerprint density at radius 1 is 1.27 bits per heavy atom. The van der Waals surface area contributed by atoms with Crippen molar-refractivity contribution in [1.82, 2.24) is 10.2 Å². The quantitative estimate of drug-likeness (QED) is 0.690. The summed E-state index contributed by atoms with van der Waals surface area (Å²) < 4.78 is 5.48. The van der Waals surface area contributed by atoms with Gasteiger partial charge in [-0.3, -0.25) is 9.59 Å². The highest BCUT2D eigenvalue weighted by atomic mass is 16.5. The van der Waals surface area contributed by atoms with E-state index in [4.69, 9.17) is 14.6 Å². The summed E-state index contributed by atoms with van der Waals surface area (Å²) in [5.74, 6) is 0.751. The Bertz CT molecular complexity index is 660. The number of hydrogen-bond donors (Lipinski definition) is 2. The number of anilines is 1. The van der Waals surface area contributed by atoms with Crippen LogP contribution < -0.4 is 10.2 Å². The van der Waals surface area contributed by atoms with Gasteiger partial charge in [0.25, 0.3) is 12.4 Å². The molecule has 2 N–H and O–H groups in total. The molecular formula is C23H37N3O4. The number of benzene rings is 1. The summed E-state index contributed by atoms with van der Waals surface area (Å²) >= 11 is 0. The molecular weight excluding hydrogens is 382 g/mol. The number of hydrogen-bond acceptors (Lipinski definition) is 5. The standard InChI is InChI=1S/C22H35N3O2.CH2O2/c1-24(2)20-9-5-7-18(15-20)22(26)23-19-8-4-6-17(14-19)16-25-12-10-21(27-3)11-13-25;2-1-3/h5,7,9,15,17,19,21H,4,6,8,10-14,16H2,1-3H3,(H,23,26);1H,(H,2,3)/t17-,19+;/m1./s1. The van der Waals surface area contributed by atoms with Crippen molar-refractivity contribution in [2.45, 2.75) is 50.7 Å². The van der Waals surface area contributed by atoms with Crippen LogP contribution in [0.5, 0.6) is 0 Å². The second-order valence-electron chi connectivity index (χ2n) is 8.49. The fourth-order valence-electron chi connectivity index (χ4n) is 4.47. The molecule has 0 unspecified atom stereocenters. The molecule has 7 heteroatoms. The normalized spacial score (nSPS) is 22.5. The maximum atomic E-state index is 12.7. The first-order chi connectivity index (χ1) is 14.5. The monoisotopic (exact) mass is 419 g/mol. The Morgan fingerprint density at radius 3 is 2.60 bits per heavy atom. The van der Waals surface area contributed by atoms with Crippen molar-refractivity contribution in [2.24, 2.45) is 5.92 Å². The summed E-state index contributed by atoms with van der Waals surface area (Å²) in [7, 11) is 5.82. The molecule has 0 aromatic heterocycles. The van der Waals surface area contributed by atoms with E-state index in [2.05, 4.69) is 10.2 Å². The fraction of sp³-hybridized carbons (Fsp3) is 0.652. The average molecular weight is 420 g/mol. The molecule has 1 amide bonds. The zero-order valence-corrected chi connectivity index (χ0v) is 18.5. The number of carbonyl (C=O) groups is 2. The first-order valence-corrected chi connectivity index (χ1v) is 10.9. The lowest BCUT2D eigenvalue weighted by atomic mass is 9.85. The number of nitrogens with zero attached hydrogens (tertiary/aromatic N) is 2. The molecule has 1 heterocycles. The van der Waals surface area contributed by atoms with Crippen molar-refractivity contribution in [1.29, 1.82) is 0 Å². The molecule has 1 aromatic rings. The zero-order chi connectivity index (χ0) is 21.9. The number of carboxylic acid groups (broad SMARTS) is 1. The molecule has 7 nitrogen and oxygen atoms in total. The number of piperidine rings is 1. The zero-order valence-electron chi connectivity index (χ0n) is 18.5. The molecule has 0 spiro atoms.